The van der Waals surface area contributed by atoms with Crippen molar-refractivity contribution in [2.24, 2.45) is 0 Å². The molecule has 2 aromatic rings. The molecule has 0 aromatic heterocycles. The van der Waals surface area contributed by atoms with Crippen molar-refractivity contribution in [2.45, 2.75) is 23.3 Å². The Morgan fingerprint density at radius 2 is 1.81 bits per heavy atom. The molecular formula is C20H19ClFN3O5S. The van der Waals surface area contributed by atoms with Gasteiger partial charge in [-0.15, -0.1) is 0 Å². The van der Waals surface area contributed by atoms with Crippen LogP contribution in [0.25, 0.3) is 0 Å². The van der Waals surface area contributed by atoms with Crippen molar-refractivity contribution in [3.8, 4) is 0 Å². The molecule has 2 N–H and O–H groups in total. The summed E-state index contributed by atoms with van der Waals surface area (Å²) in [6.45, 7) is 0.260. The minimum absolute atomic E-state index is 0.0242. The summed E-state index contributed by atoms with van der Waals surface area (Å²) in [6, 6.07) is 10.7. The van der Waals surface area contributed by atoms with Crippen LogP contribution in [0.4, 0.5) is 10.1 Å². The third-order valence-electron chi connectivity index (χ3n) is 5.82. The van der Waals surface area contributed by atoms with Crippen molar-refractivity contribution in [3.63, 3.8) is 0 Å². The largest absolute Gasteiger partial charge is 0.478 e. The van der Waals surface area contributed by atoms with Crippen molar-refractivity contribution < 1.29 is 27.5 Å². The summed E-state index contributed by atoms with van der Waals surface area (Å²) in [6.07, 6.45) is 0.405. The molecule has 0 aliphatic carbocycles. The lowest BCUT2D eigenvalue weighted by Crippen LogP contribution is -2.57. The number of carboxylic acids is 1. The maximum Gasteiger partial charge on any atom is 0.337 e. The van der Waals surface area contributed by atoms with Gasteiger partial charge >= 0.3 is 5.97 Å². The zero-order valence-corrected chi connectivity index (χ0v) is 17.8. The molecular weight excluding hydrogens is 449 g/mol. The van der Waals surface area contributed by atoms with Gasteiger partial charge in [-0.25, -0.2) is 17.6 Å². The average Bonchev–Trinajstić information content (AvgIpc) is 3.04. The second kappa shape index (κ2) is 7.77. The molecule has 2 aromatic carbocycles. The van der Waals surface area contributed by atoms with Crippen LogP contribution in [0.3, 0.4) is 0 Å². The van der Waals surface area contributed by atoms with Gasteiger partial charge in [0.2, 0.25) is 15.9 Å². The van der Waals surface area contributed by atoms with Crippen molar-refractivity contribution in [1.29, 1.82) is 0 Å². The van der Waals surface area contributed by atoms with Gasteiger partial charge in [-0.05, 0) is 37.1 Å². The quantitative estimate of drug-likeness (QED) is 0.714. The third-order valence-corrected chi connectivity index (χ3v) is 8.05. The maximum absolute atomic E-state index is 14.4. The Hall–Kier alpha value is -2.69. The third kappa shape index (κ3) is 3.54. The van der Waals surface area contributed by atoms with Gasteiger partial charge in [-0.2, -0.15) is 4.31 Å². The van der Waals surface area contributed by atoms with E-state index < -0.39 is 37.8 Å². The number of benzene rings is 2. The zero-order valence-electron chi connectivity index (χ0n) is 16.2. The Labute approximate surface area is 183 Å². The number of carboxylic acid groups (broad SMARTS) is 1. The van der Waals surface area contributed by atoms with Gasteiger partial charge in [0.25, 0.3) is 0 Å². The van der Waals surface area contributed by atoms with Gasteiger partial charge in [-0.1, -0.05) is 29.8 Å². The standard InChI is InChI=1S/C20H19ClFN3O5S/c21-15-11-16(22)17(10-14(15)18(26)27)31(29,30)24-8-6-20(7-9-24)19(28)23-12-25(20)13-4-2-1-3-5-13/h1-5,10-11H,6-9,12H2,(H,23,28)(H,26,27). The highest BCUT2D eigenvalue weighted by Gasteiger charge is 2.51. The van der Waals surface area contributed by atoms with E-state index in [-0.39, 0.29) is 36.9 Å². The lowest BCUT2D eigenvalue weighted by atomic mass is 9.86. The summed E-state index contributed by atoms with van der Waals surface area (Å²) in [4.78, 5) is 25.2. The Balaban J connectivity index is 1.62. The van der Waals surface area contributed by atoms with Crippen molar-refractivity contribution >= 4 is 39.2 Å². The number of carbonyl (C=O) groups excluding carboxylic acids is 1. The first-order chi connectivity index (χ1) is 14.7. The molecule has 0 bridgehead atoms. The highest BCUT2D eigenvalue weighted by Crippen LogP contribution is 2.38. The number of halogens is 2. The van der Waals surface area contributed by atoms with E-state index in [1.165, 1.54) is 0 Å². The number of hydrogen-bond acceptors (Lipinski definition) is 5. The fourth-order valence-corrected chi connectivity index (χ4v) is 5.90. The van der Waals surface area contributed by atoms with E-state index in [0.29, 0.717) is 12.7 Å². The van der Waals surface area contributed by atoms with Crippen molar-refractivity contribution in [3.05, 3.63) is 58.9 Å². The van der Waals surface area contributed by atoms with Crippen LogP contribution in [-0.2, 0) is 14.8 Å². The molecule has 2 saturated heterocycles. The molecule has 1 spiro atoms. The molecule has 11 heteroatoms. The summed E-state index contributed by atoms with van der Waals surface area (Å²) in [7, 11) is -4.33. The topological polar surface area (TPSA) is 107 Å². The number of para-hydroxylation sites is 1. The van der Waals surface area contributed by atoms with Gasteiger partial charge in [-0.3, -0.25) is 4.79 Å². The SMILES string of the molecule is O=C(O)c1cc(S(=O)(=O)N2CCC3(CC2)C(=O)NCN3c2ccccc2)c(F)cc1Cl. The summed E-state index contributed by atoms with van der Waals surface area (Å²) >= 11 is 5.73. The fraction of sp³-hybridized carbons (Fsp3) is 0.300. The molecule has 0 saturated carbocycles. The minimum Gasteiger partial charge on any atom is -0.478 e. The number of aromatic carboxylic acids is 1. The fourth-order valence-electron chi connectivity index (χ4n) is 4.16. The second-order valence-electron chi connectivity index (χ2n) is 7.43. The van der Waals surface area contributed by atoms with Crippen LogP contribution in [0.15, 0.2) is 47.4 Å². The Morgan fingerprint density at radius 3 is 2.42 bits per heavy atom. The summed E-state index contributed by atoms with van der Waals surface area (Å²) in [5.74, 6) is -2.76. The first-order valence-electron chi connectivity index (χ1n) is 9.50. The van der Waals surface area contributed by atoms with Crippen LogP contribution in [-0.4, -0.2) is 55.0 Å². The van der Waals surface area contributed by atoms with Gasteiger partial charge in [0, 0.05) is 18.8 Å². The molecule has 2 aliphatic rings. The molecule has 8 nitrogen and oxygen atoms in total. The Kier molecular flexibility index (Phi) is 5.40. The normalized spacial score (nSPS) is 18.9. The molecule has 0 radical (unpaired) electrons. The van der Waals surface area contributed by atoms with Crippen molar-refractivity contribution in [2.75, 3.05) is 24.7 Å². The number of amides is 1. The minimum atomic E-state index is -4.33. The summed E-state index contributed by atoms with van der Waals surface area (Å²) in [5, 5.41) is 11.6. The molecule has 2 aliphatic heterocycles. The van der Waals surface area contributed by atoms with Crippen molar-refractivity contribution in [1.82, 2.24) is 9.62 Å². The van der Waals surface area contributed by atoms with E-state index >= 15 is 0 Å². The van der Waals surface area contributed by atoms with E-state index in [0.717, 1.165) is 16.1 Å². The van der Waals surface area contributed by atoms with E-state index in [1.54, 1.807) is 0 Å². The van der Waals surface area contributed by atoms with Crippen LogP contribution < -0.4 is 10.2 Å². The van der Waals surface area contributed by atoms with Crippen LogP contribution in [0.5, 0.6) is 0 Å². The molecule has 4 rings (SSSR count). The number of anilines is 1. The highest BCUT2D eigenvalue weighted by atomic mass is 35.5. The molecule has 2 heterocycles. The Morgan fingerprint density at radius 1 is 1.16 bits per heavy atom. The van der Waals surface area contributed by atoms with E-state index in [4.69, 9.17) is 11.6 Å². The molecule has 0 unspecified atom stereocenters. The predicted octanol–water partition coefficient (Wildman–Crippen LogP) is 2.29. The number of rotatable bonds is 4. The van der Waals surface area contributed by atoms with Gasteiger partial charge in [0.15, 0.2) is 0 Å². The molecule has 2 fully saturated rings. The summed E-state index contributed by atoms with van der Waals surface area (Å²) < 4.78 is 41.6. The predicted molar refractivity (Wildman–Crippen MR) is 111 cm³/mol. The van der Waals surface area contributed by atoms with E-state index in [2.05, 4.69) is 5.32 Å². The average molecular weight is 468 g/mol. The smallest absolute Gasteiger partial charge is 0.337 e. The first-order valence-corrected chi connectivity index (χ1v) is 11.3. The second-order valence-corrected chi connectivity index (χ2v) is 9.74. The number of carbonyl (C=O) groups is 2. The monoisotopic (exact) mass is 467 g/mol. The van der Waals surface area contributed by atoms with E-state index in [1.807, 2.05) is 35.2 Å². The van der Waals surface area contributed by atoms with Gasteiger partial charge in [0.05, 0.1) is 17.3 Å². The maximum atomic E-state index is 14.4. The number of nitrogens with zero attached hydrogens (tertiary/aromatic N) is 2. The lowest BCUT2D eigenvalue weighted by molar-refractivity contribution is -0.124. The van der Waals surface area contributed by atoms with Gasteiger partial charge in [0.1, 0.15) is 16.3 Å². The zero-order chi connectivity index (χ0) is 22.4. The molecule has 164 valence electrons. The highest BCUT2D eigenvalue weighted by molar-refractivity contribution is 7.89. The van der Waals surface area contributed by atoms with Crippen LogP contribution in [0, 0.1) is 5.82 Å². The lowest BCUT2D eigenvalue weighted by Gasteiger charge is -2.42. The number of sulfonamides is 1. The number of hydrogen-bond donors (Lipinski definition) is 2. The number of nitrogens with one attached hydrogen (secondary N) is 1. The number of piperidine rings is 1. The molecule has 0 atom stereocenters. The Bertz CT molecular complexity index is 1150. The first kappa shape index (κ1) is 21.5. The van der Waals surface area contributed by atoms with Gasteiger partial charge < -0.3 is 15.3 Å². The van der Waals surface area contributed by atoms with Crippen LogP contribution >= 0.6 is 11.6 Å². The molecule has 31 heavy (non-hydrogen) atoms. The van der Waals surface area contributed by atoms with Crippen LogP contribution in [0.1, 0.15) is 23.2 Å². The molecule has 1 amide bonds. The van der Waals surface area contributed by atoms with E-state index in [9.17, 15) is 27.5 Å². The summed E-state index contributed by atoms with van der Waals surface area (Å²) in [5.41, 5.74) is -0.564. The van der Waals surface area contributed by atoms with Crippen LogP contribution in [0.2, 0.25) is 5.02 Å².